The van der Waals surface area contributed by atoms with Gasteiger partial charge in [-0.2, -0.15) is 0 Å². The largest absolute Gasteiger partial charge is 0.493 e. The second-order valence-corrected chi connectivity index (χ2v) is 7.98. The normalized spacial score (nSPS) is 13.2. The Morgan fingerprint density at radius 1 is 1.00 bits per heavy atom. The SMILES string of the molecule is COc1ccc(CN(Cc2cccc(F)c2)Cc2ccc(C(=O)NC3CC3)o2)cc1OC. The molecule has 0 unspecified atom stereocenters. The minimum Gasteiger partial charge on any atom is -0.493 e. The number of amides is 1. The summed E-state index contributed by atoms with van der Waals surface area (Å²) in [5.74, 6) is 1.82. The Kier molecular flexibility index (Phi) is 6.75. The predicted octanol–water partition coefficient (Wildman–Crippen LogP) is 4.53. The van der Waals surface area contributed by atoms with Crippen LogP contribution in [-0.2, 0) is 19.6 Å². The van der Waals surface area contributed by atoms with Crippen molar-refractivity contribution in [2.24, 2.45) is 0 Å². The highest BCUT2D eigenvalue weighted by molar-refractivity contribution is 5.91. The van der Waals surface area contributed by atoms with Crippen molar-refractivity contribution < 1.29 is 23.1 Å². The second-order valence-electron chi connectivity index (χ2n) is 7.98. The van der Waals surface area contributed by atoms with Gasteiger partial charge in [0.1, 0.15) is 11.6 Å². The van der Waals surface area contributed by atoms with Gasteiger partial charge < -0.3 is 19.2 Å². The van der Waals surface area contributed by atoms with Crippen molar-refractivity contribution in [3.8, 4) is 11.5 Å². The van der Waals surface area contributed by atoms with Crippen LogP contribution in [-0.4, -0.2) is 31.1 Å². The molecule has 2 aromatic carbocycles. The van der Waals surface area contributed by atoms with E-state index in [0.717, 1.165) is 24.0 Å². The highest BCUT2D eigenvalue weighted by Crippen LogP contribution is 2.28. The molecule has 0 atom stereocenters. The van der Waals surface area contributed by atoms with Crippen molar-refractivity contribution in [3.05, 3.63) is 83.1 Å². The van der Waals surface area contributed by atoms with Gasteiger partial charge in [-0.15, -0.1) is 0 Å². The summed E-state index contributed by atoms with van der Waals surface area (Å²) >= 11 is 0. The van der Waals surface area contributed by atoms with E-state index >= 15 is 0 Å². The molecular formula is C25H27FN2O4. The smallest absolute Gasteiger partial charge is 0.287 e. The van der Waals surface area contributed by atoms with E-state index in [4.69, 9.17) is 13.9 Å². The average molecular weight is 438 g/mol. The van der Waals surface area contributed by atoms with E-state index in [1.54, 1.807) is 26.4 Å². The maximum atomic E-state index is 13.7. The molecule has 0 bridgehead atoms. The van der Waals surface area contributed by atoms with Crippen molar-refractivity contribution >= 4 is 5.91 Å². The lowest BCUT2D eigenvalue weighted by Crippen LogP contribution is -2.25. The molecule has 3 aromatic rings. The topological polar surface area (TPSA) is 63.9 Å². The molecule has 1 N–H and O–H groups in total. The minimum absolute atomic E-state index is 0.185. The molecule has 0 aliphatic heterocycles. The Hall–Kier alpha value is -3.32. The van der Waals surface area contributed by atoms with Gasteiger partial charge in [-0.3, -0.25) is 9.69 Å². The maximum Gasteiger partial charge on any atom is 0.287 e. The maximum absolute atomic E-state index is 13.7. The number of hydrogen-bond acceptors (Lipinski definition) is 5. The van der Waals surface area contributed by atoms with Crippen LogP contribution in [0.1, 0.15) is 40.3 Å². The van der Waals surface area contributed by atoms with Crippen LogP contribution < -0.4 is 14.8 Å². The number of benzene rings is 2. The molecule has 4 rings (SSSR count). The number of nitrogens with zero attached hydrogens (tertiary/aromatic N) is 1. The number of rotatable bonds is 10. The molecular weight excluding hydrogens is 411 g/mol. The third kappa shape index (κ3) is 5.68. The first-order chi connectivity index (χ1) is 15.5. The van der Waals surface area contributed by atoms with Gasteiger partial charge >= 0.3 is 0 Å². The molecule has 1 aromatic heterocycles. The van der Waals surface area contributed by atoms with Gasteiger partial charge in [0.2, 0.25) is 0 Å². The second kappa shape index (κ2) is 9.87. The van der Waals surface area contributed by atoms with Crippen LogP contribution in [0.5, 0.6) is 11.5 Å². The third-order valence-electron chi connectivity index (χ3n) is 5.33. The quantitative estimate of drug-likeness (QED) is 0.504. The van der Waals surface area contributed by atoms with Crippen molar-refractivity contribution in [1.29, 1.82) is 0 Å². The van der Waals surface area contributed by atoms with Crippen LogP contribution in [0, 0.1) is 5.82 Å². The fraction of sp³-hybridized carbons (Fsp3) is 0.320. The molecule has 0 spiro atoms. The van der Waals surface area contributed by atoms with Crippen LogP contribution in [0.3, 0.4) is 0 Å². The van der Waals surface area contributed by atoms with E-state index in [0.29, 0.717) is 42.7 Å². The third-order valence-corrected chi connectivity index (χ3v) is 5.33. The molecule has 7 heteroatoms. The Balaban J connectivity index is 1.52. The molecule has 1 saturated carbocycles. The van der Waals surface area contributed by atoms with Crippen molar-refractivity contribution in [2.45, 2.75) is 38.5 Å². The summed E-state index contributed by atoms with van der Waals surface area (Å²) in [6.07, 6.45) is 2.04. The van der Waals surface area contributed by atoms with Gasteiger partial charge in [-0.1, -0.05) is 18.2 Å². The van der Waals surface area contributed by atoms with E-state index < -0.39 is 0 Å². The van der Waals surface area contributed by atoms with Crippen molar-refractivity contribution in [1.82, 2.24) is 10.2 Å². The van der Waals surface area contributed by atoms with Crippen molar-refractivity contribution in [2.75, 3.05) is 14.2 Å². The summed E-state index contributed by atoms with van der Waals surface area (Å²) < 4.78 is 30.3. The molecule has 32 heavy (non-hydrogen) atoms. The van der Waals surface area contributed by atoms with Gasteiger partial charge in [0.25, 0.3) is 5.91 Å². The van der Waals surface area contributed by atoms with E-state index in [-0.39, 0.29) is 17.8 Å². The summed E-state index contributed by atoms with van der Waals surface area (Å²) in [5, 5.41) is 2.93. The Morgan fingerprint density at radius 2 is 1.75 bits per heavy atom. The number of methoxy groups -OCH3 is 2. The Morgan fingerprint density at radius 3 is 2.44 bits per heavy atom. The lowest BCUT2D eigenvalue weighted by atomic mass is 10.1. The molecule has 1 aliphatic carbocycles. The summed E-state index contributed by atoms with van der Waals surface area (Å²) in [7, 11) is 3.20. The van der Waals surface area contributed by atoms with E-state index in [2.05, 4.69) is 10.2 Å². The fourth-order valence-corrected chi connectivity index (χ4v) is 3.59. The Bertz CT molecular complexity index is 1080. The van der Waals surface area contributed by atoms with E-state index in [9.17, 15) is 9.18 Å². The lowest BCUT2D eigenvalue weighted by Gasteiger charge is -2.22. The van der Waals surface area contributed by atoms with Crippen molar-refractivity contribution in [3.63, 3.8) is 0 Å². The summed E-state index contributed by atoms with van der Waals surface area (Å²) in [6, 6.07) is 16.1. The van der Waals surface area contributed by atoms with Crippen LogP contribution >= 0.6 is 0 Å². The Labute approximate surface area is 186 Å². The monoisotopic (exact) mass is 438 g/mol. The van der Waals surface area contributed by atoms with Crippen LogP contribution in [0.15, 0.2) is 59.0 Å². The zero-order valence-electron chi connectivity index (χ0n) is 18.3. The molecule has 168 valence electrons. The predicted molar refractivity (Wildman–Crippen MR) is 118 cm³/mol. The number of carbonyl (C=O) groups excluding carboxylic acids is 1. The van der Waals surface area contributed by atoms with Gasteiger partial charge in [0.05, 0.1) is 20.8 Å². The first-order valence-corrected chi connectivity index (χ1v) is 10.6. The highest BCUT2D eigenvalue weighted by atomic mass is 19.1. The van der Waals surface area contributed by atoms with Gasteiger partial charge in [0.15, 0.2) is 17.3 Å². The number of carbonyl (C=O) groups is 1. The number of furan rings is 1. The zero-order chi connectivity index (χ0) is 22.5. The number of halogens is 1. The molecule has 6 nitrogen and oxygen atoms in total. The molecule has 1 amide bonds. The highest BCUT2D eigenvalue weighted by Gasteiger charge is 2.25. The zero-order valence-corrected chi connectivity index (χ0v) is 18.3. The van der Waals surface area contributed by atoms with Gasteiger partial charge in [-0.05, 0) is 60.4 Å². The summed E-state index contributed by atoms with van der Waals surface area (Å²) in [5.41, 5.74) is 1.86. The van der Waals surface area contributed by atoms with Gasteiger partial charge in [-0.25, -0.2) is 4.39 Å². The molecule has 1 heterocycles. The standard InChI is InChI=1S/C25H27FN2O4/c1-30-22-10-6-18(13-24(22)31-2)15-28(14-17-4-3-5-19(26)12-17)16-21-9-11-23(32-21)25(29)27-20-7-8-20/h3-6,9-13,20H,7-8,14-16H2,1-2H3,(H,27,29). The number of nitrogens with one attached hydrogen (secondary N) is 1. The fourth-order valence-electron chi connectivity index (χ4n) is 3.59. The minimum atomic E-state index is -0.273. The number of hydrogen-bond donors (Lipinski definition) is 1. The average Bonchev–Trinajstić information content (AvgIpc) is 3.47. The van der Waals surface area contributed by atoms with Gasteiger partial charge in [0, 0.05) is 19.1 Å². The summed E-state index contributed by atoms with van der Waals surface area (Å²) in [4.78, 5) is 14.4. The van der Waals surface area contributed by atoms with Crippen LogP contribution in [0.4, 0.5) is 4.39 Å². The molecule has 0 saturated heterocycles. The van der Waals surface area contributed by atoms with E-state index in [1.807, 2.05) is 30.3 Å². The summed E-state index contributed by atoms with van der Waals surface area (Å²) in [6.45, 7) is 1.54. The van der Waals surface area contributed by atoms with Crippen LogP contribution in [0.25, 0.3) is 0 Å². The lowest BCUT2D eigenvalue weighted by molar-refractivity contribution is 0.0918. The van der Waals surface area contributed by atoms with Crippen LogP contribution in [0.2, 0.25) is 0 Å². The molecule has 0 radical (unpaired) electrons. The molecule has 1 aliphatic rings. The number of ether oxygens (including phenoxy) is 2. The van der Waals surface area contributed by atoms with E-state index in [1.165, 1.54) is 12.1 Å². The first kappa shape index (κ1) is 21.9. The molecule has 1 fully saturated rings. The first-order valence-electron chi connectivity index (χ1n) is 10.6.